The van der Waals surface area contributed by atoms with Crippen molar-refractivity contribution in [3.8, 4) is 0 Å². The summed E-state index contributed by atoms with van der Waals surface area (Å²) >= 11 is 0. The van der Waals surface area contributed by atoms with Gasteiger partial charge in [0.25, 0.3) is 0 Å². The molecule has 0 amide bonds. The summed E-state index contributed by atoms with van der Waals surface area (Å²) in [5, 5.41) is 12.3. The molecule has 15 heavy (non-hydrogen) atoms. The summed E-state index contributed by atoms with van der Waals surface area (Å²) in [6.45, 7) is 5.54. The smallest absolute Gasteiger partial charge is 0.320 e. The molecule has 0 bridgehead atoms. The lowest BCUT2D eigenvalue weighted by atomic mass is 9.91. The molecule has 1 rings (SSSR count). The van der Waals surface area contributed by atoms with E-state index in [0.717, 1.165) is 32.5 Å². The summed E-state index contributed by atoms with van der Waals surface area (Å²) < 4.78 is 5.28. The van der Waals surface area contributed by atoms with Crippen LogP contribution in [0.3, 0.4) is 0 Å². The predicted molar refractivity (Wildman–Crippen MR) is 57.9 cm³/mol. The Bertz CT molecular complexity index is 212. The molecule has 0 aliphatic carbocycles. The molecule has 1 saturated heterocycles. The fourth-order valence-electron chi connectivity index (χ4n) is 1.93. The molecule has 0 aromatic carbocycles. The van der Waals surface area contributed by atoms with Gasteiger partial charge >= 0.3 is 5.97 Å². The Hall–Kier alpha value is -0.610. The third-order valence-electron chi connectivity index (χ3n) is 2.99. The van der Waals surface area contributed by atoms with E-state index >= 15 is 0 Å². The molecule has 1 heterocycles. The highest BCUT2D eigenvalue weighted by Gasteiger charge is 2.31. The third-order valence-corrected chi connectivity index (χ3v) is 2.99. The van der Waals surface area contributed by atoms with Gasteiger partial charge in [0.2, 0.25) is 0 Å². The number of hydrogen-bond acceptors (Lipinski definition) is 3. The fourth-order valence-corrected chi connectivity index (χ4v) is 1.93. The summed E-state index contributed by atoms with van der Waals surface area (Å²) in [4.78, 5) is 11.0. The average Bonchev–Trinajstić information content (AvgIpc) is 2.18. The minimum absolute atomic E-state index is 0.0729. The number of rotatable bonds is 5. The molecule has 0 aromatic heterocycles. The number of carbonyl (C=O) groups is 1. The molecular weight excluding hydrogens is 194 g/mol. The van der Waals surface area contributed by atoms with E-state index in [1.807, 2.05) is 6.92 Å². The number of carboxylic acid groups (broad SMARTS) is 1. The lowest BCUT2D eigenvalue weighted by Crippen LogP contribution is -2.53. The van der Waals surface area contributed by atoms with Crippen molar-refractivity contribution in [2.75, 3.05) is 13.2 Å². The fraction of sp³-hybridized carbons (Fsp3) is 0.909. The van der Waals surface area contributed by atoms with Crippen molar-refractivity contribution < 1.29 is 14.6 Å². The Morgan fingerprint density at radius 3 is 2.60 bits per heavy atom. The summed E-state index contributed by atoms with van der Waals surface area (Å²) in [5.74, 6) is -0.746. The van der Waals surface area contributed by atoms with Gasteiger partial charge in [0.15, 0.2) is 0 Å². The van der Waals surface area contributed by atoms with E-state index in [4.69, 9.17) is 9.84 Å². The maximum absolute atomic E-state index is 11.0. The van der Waals surface area contributed by atoms with Gasteiger partial charge in [-0.15, -0.1) is 0 Å². The molecule has 1 aliphatic rings. The molecule has 0 radical (unpaired) electrons. The second kappa shape index (κ2) is 5.47. The maximum Gasteiger partial charge on any atom is 0.320 e. The van der Waals surface area contributed by atoms with Crippen molar-refractivity contribution in [1.82, 2.24) is 5.32 Å². The molecule has 1 fully saturated rings. The summed E-state index contributed by atoms with van der Waals surface area (Å²) in [5.41, 5.74) is -0.0729. The Balaban J connectivity index is 2.51. The zero-order valence-corrected chi connectivity index (χ0v) is 9.58. The molecule has 1 atom stereocenters. The number of carboxylic acids is 1. The van der Waals surface area contributed by atoms with Crippen LogP contribution in [-0.2, 0) is 9.53 Å². The summed E-state index contributed by atoms with van der Waals surface area (Å²) in [6.07, 6.45) is 3.35. The maximum atomic E-state index is 11.0. The van der Waals surface area contributed by atoms with Crippen LogP contribution in [0.25, 0.3) is 0 Å². The van der Waals surface area contributed by atoms with Gasteiger partial charge in [0.1, 0.15) is 6.04 Å². The number of aliphatic carboxylic acids is 1. The van der Waals surface area contributed by atoms with Gasteiger partial charge in [-0.25, -0.2) is 0 Å². The van der Waals surface area contributed by atoms with Gasteiger partial charge in [-0.2, -0.15) is 0 Å². The van der Waals surface area contributed by atoms with Crippen molar-refractivity contribution in [1.29, 1.82) is 0 Å². The Labute approximate surface area is 91.0 Å². The van der Waals surface area contributed by atoms with Gasteiger partial charge in [-0.3, -0.25) is 10.1 Å². The molecule has 0 spiro atoms. The molecule has 4 heteroatoms. The van der Waals surface area contributed by atoms with E-state index in [1.165, 1.54) is 0 Å². The summed E-state index contributed by atoms with van der Waals surface area (Å²) in [7, 11) is 0. The van der Waals surface area contributed by atoms with E-state index < -0.39 is 12.0 Å². The number of ether oxygens (including phenoxy) is 1. The van der Waals surface area contributed by atoms with Gasteiger partial charge in [-0.1, -0.05) is 13.3 Å². The van der Waals surface area contributed by atoms with Crippen LogP contribution in [0.1, 0.15) is 39.5 Å². The SMILES string of the molecule is CCCC(NC1(C)CCOCC1)C(=O)O. The molecule has 4 nitrogen and oxygen atoms in total. The molecule has 1 aliphatic heterocycles. The number of nitrogens with one attached hydrogen (secondary N) is 1. The molecule has 0 saturated carbocycles. The zero-order valence-electron chi connectivity index (χ0n) is 9.58. The second-order valence-corrected chi connectivity index (χ2v) is 4.50. The predicted octanol–water partition coefficient (Wildman–Crippen LogP) is 1.40. The van der Waals surface area contributed by atoms with Crippen LogP contribution >= 0.6 is 0 Å². The molecule has 2 N–H and O–H groups in total. The monoisotopic (exact) mass is 215 g/mol. The molecular formula is C11H21NO3. The van der Waals surface area contributed by atoms with Crippen LogP contribution in [0, 0.1) is 0 Å². The van der Waals surface area contributed by atoms with Crippen LogP contribution in [-0.4, -0.2) is 35.9 Å². The standard InChI is InChI=1S/C11H21NO3/c1-3-4-9(10(13)14)12-11(2)5-7-15-8-6-11/h9,12H,3-8H2,1-2H3,(H,13,14). The molecule has 0 aromatic rings. The molecule has 1 unspecified atom stereocenters. The van der Waals surface area contributed by atoms with Crippen molar-refractivity contribution in [3.63, 3.8) is 0 Å². The van der Waals surface area contributed by atoms with Crippen molar-refractivity contribution in [2.24, 2.45) is 0 Å². The quantitative estimate of drug-likeness (QED) is 0.727. The lowest BCUT2D eigenvalue weighted by molar-refractivity contribution is -0.140. The van der Waals surface area contributed by atoms with Crippen molar-refractivity contribution in [3.05, 3.63) is 0 Å². The number of hydrogen-bond donors (Lipinski definition) is 2. The Morgan fingerprint density at radius 2 is 2.13 bits per heavy atom. The van der Waals surface area contributed by atoms with Gasteiger partial charge in [0.05, 0.1) is 0 Å². The van der Waals surface area contributed by atoms with E-state index in [2.05, 4.69) is 12.2 Å². The van der Waals surface area contributed by atoms with Crippen LogP contribution in [0.4, 0.5) is 0 Å². The average molecular weight is 215 g/mol. The van der Waals surface area contributed by atoms with E-state index in [-0.39, 0.29) is 5.54 Å². The zero-order chi connectivity index (χ0) is 11.3. The molecule has 88 valence electrons. The van der Waals surface area contributed by atoms with Gasteiger partial charge in [-0.05, 0) is 26.2 Å². The van der Waals surface area contributed by atoms with E-state index in [0.29, 0.717) is 6.42 Å². The highest BCUT2D eigenvalue weighted by molar-refractivity contribution is 5.73. The summed E-state index contributed by atoms with van der Waals surface area (Å²) in [6, 6.07) is -0.418. The minimum atomic E-state index is -0.746. The third kappa shape index (κ3) is 3.80. The first-order valence-corrected chi connectivity index (χ1v) is 5.65. The van der Waals surface area contributed by atoms with Crippen LogP contribution in [0.5, 0.6) is 0 Å². The first-order valence-electron chi connectivity index (χ1n) is 5.65. The van der Waals surface area contributed by atoms with Gasteiger partial charge in [0, 0.05) is 18.8 Å². The highest BCUT2D eigenvalue weighted by atomic mass is 16.5. The minimum Gasteiger partial charge on any atom is -0.480 e. The van der Waals surface area contributed by atoms with Crippen LogP contribution < -0.4 is 5.32 Å². The van der Waals surface area contributed by atoms with E-state index in [1.54, 1.807) is 0 Å². The first kappa shape index (κ1) is 12.5. The van der Waals surface area contributed by atoms with Gasteiger partial charge < -0.3 is 9.84 Å². The van der Waals surface area contributed by atoms with Crippen molar-refractivity contribution in [2.45, 2.75) is 51.1 Å². The largest absolute Gasteiger partial charge is 0.480 e. The van der Waals surface area contributed by atoms with Crippen LogP contribution in [0.15, 0.2) is 0 Å². The lowest BCUT2D eigenvalue weighted by Gasteiger charge is -2.36. The Kier molecular flexibility index (Phi) is 4.54. The second-order valence-electron chi connectivity index (χ2n) is 4.50. The Morgan fingerprint density at radius 1 is 1.53 bits per heavy atom. The first-order chi connectivity index (χ1) is 7.07. The van der Waals surface area contributed by atoms with E-state index in [9.17, 15) is 4.79 Å². The normalized spacial score (nSPS) is 22.3. The van der Waals surface area contributed by atoms with Crippen molar-refractivity contribution >= 4 is 5.97 Å². The van der Waals surface area contributed by atoms with Crippen LogP contribution in [0.2, 0.25) is 0 Å². The topological polar surface area (TPSA) is 58.6 Å². The highest BCUT2D eigenvalue weighted by Crippen LogP contribution is 2.21.